The van der Waals surface area contributed by atoms with Crippen LogP contribution in [0.3, 0.4) is 0 Å². The quantitative estimate of drug-likeness (QED) is 0.643. The van der Waals surface area contributed by atoms with Crippen LogP contribution in [0.15, 0.2) is 29.2 Å². The van der Waals surface area contributed by atoms with Gasteiger partial charge < -0.3 is 0 Å². The van der Waals surface area contributed by atoms with Crippen LogP contribution >= 0.6 is 11.8 Å². The highest BCUT2D eigenvalue weighted by Crippen LogP contribution is 2.32. The zero-order valence-electron chi connectivity index (χ0n) is 9.68. The Bertz CT molecular complexity index is 609. The van der Waals surface area contributed by atoms with E-state index in [9.17, 15) is 18.0 Å². The highest BCUT2D eigenvalue weighted by Gasteiger charge is 2.39. The second-order valence-electron chi connectivity index (χ2n) is 3.55. The van der Waals surface area contributed by atoms with Gasteiger partial charge in [0, 0.05) is 4.90 Å². The summed E-state index contributed by atoms with van der Waals surface area (Å²) in [6.45, 7) is 0. The van der Waals surface area contributed by atoms with E-state index >= 15 is 0 Å². The summed E-state index contributed by atoms with van der Waals surface area (Å²) in [6, 6.07) is 6.39. The van der Waals surface area contributed by atoms with Gasteiger partial charge in [0.1, 0.15) is 0 Å². The van der Waals surface area contributed by atoms with Crippen molar-refractivity contribution in [3.8, 4) is 5.69 Å². The Morgan fingerprint density at radius 3 is 2.68 bits per heavy atom. The number of halogens is 3. The van der Waals surface area contributed by atoms with Crippen molar-refractivity contribution in [2.45, 2.75) is 11.1 Å². The van der Waals surface area contributed by atoms with Crippen molar-refractivity contribution in [2.75, 3.05) is 6.26 Å². The molecule has 0 unspecified atom stereocenters. The first kappa shape index (κ1) is 13.6. The smallest absolute Gasteiger partial charge is 0.296 e. The fraction of sp³-hybridized carbons (Fsp3) is 0.182. The third-order valence-electron chi connectivity index (χ3n) is 2.37. The molecular formula is C11H8F3N3OS. The third kappa shape index (κ3) is 2.62. The van der Waals surface area contributed by atoms with E-state index in [2.05, 4.69) is 10.3 Å². The largest absolute Gasteiger partial charge is 0.435 e. The molecule has 1 aromatic heterocycles. The first-order valence-corrected chi connectivity index (χ1v) is 6.32. The summed E-state index contributed by atoms with van der Waals surface area (Å²) < 4.78 is 39.4. The number of carbonyl (C=O) groups excluding carboxylic acids is 1. The van der Waals surface area contributed by atoms with Crippen LogP contribution in [0.4, 0.5) is 13.2 Å². The maximum Gasteiger partial charge on any atom is 0.435 e. The normalized spacial score (nSPS) is 11.6. The number of carbonyl (C=O) groups is 1. The van der Waals surface area contributed by atoms with E-state index in [0.29, 0.717) is 4.68 Å². The maximum absolute atomic E-state index is 12.9. The van der Waals surface area contributed by atoms with Crippen molar-refractivity contribution in [1.29, 1.82) is 0 Å². The number of hydrogen-bond donors (Lipinski definition) is 0. The Kier molecular flexibility index (Phi) is 3.61. The van der Waals surface area contributed by atoms with Crippen molar-refractivity contribution >= 4 is 18.0 Å². The van der Waals surface area contributed by atoms with E-state index in [1.807, 2.05) is 6.26 Å². The lowest BCUT2D eigenvalue weighted by molar-refractivity contribution is -0.143. The lowest BCUT2D eigenvalue weighted by atomic mass is 10.3. The van der Waals surface area contributed by atoms with Gasteiger partial charge in [-0.05, 0) is 24.5 Å². The Labute approximate surface area is 110 Å². The highest BCUT2D eigenvalue weighted by molar-refractivity contribution is 7.98. The molecule has 0 aliphatic carbocycles. The van der Waals surface area contributed by atoms with Gasteiger partial charge in [-0.3, -0.25) is 4.79 Å². The van der Waals surface area contributed by atoms with Gasteiger partial charge in [0.25, 0.3) is 0 Å². The molecule has 0 aliphatic rings. The van der Waals surface area contributed by atoms with Crippen LogP contribution in [-0.4, -0.2) is 27.5 Å². The summed E-state index contributed by atoms with van der Waals surface area (Å²) in [5.74, 6) is 0. The van der Waals surface area contributed by atoms with Gasteiger partial charge in [0.2, 0.25) is 0 Å². The fourth-order valence-corrected chi connectivity index (χ4v) is 2.01. The summed E-state index contributed by atoms with van der Waals surface area (Å²) >= 11 is 1.39. The molecule has 1 aromatic carbocycles. The number of rotatable bonds is 3. The van der Waals surface area contributed by atoms with Gasteiger partial charge in [0.15, 0.2) is 17.7 Å². The lowest BCUT2D eigenvalue weighted by Crippen LogP contribution is -2.15. The van der Waals surface area contributed by atoms with Gasteiger partial charge >= 0.3 is 6.18 Å². The minimum absolute atomic E-state index is 0.0464. The number of hydrogen-bond acceptors (Lipinski definition) is 4. The molecule has 0 amide bonds. The Hall–Kier alpha value is -1.83. The van der Waals surface area contributed by atoms with Crippen LogP contribution in [0.5, 0.6) is 0 Å². The van der Waals surface area contributed by atoms with E-state index < -0.39 is 17.6 Å². The van der Waals surface area contributed by atoms with Gasteiger partial charge in [-0.15, -0.1) is 16.9 Å². The molecule has 2 rings (SSSR count). The molecule has 0 radical (unpaired) electrons. The molecule has 0 saturated carbocycles. The van der Waals surface area contributed by atoms with E-state index in [4.69, 9.17) is 0 Å². The summed E-state index contributed by atoms with van der Waals surface area (Å²) in [5, 5.41) is 6.66. The number of benzene rings is 1. The molecule has 0 spiro atoms. The molecule has 1 heterocycles. The molecule has 0 N–H and O–H groups in total. The van der Waals surface area contributed by atoms with Crippen LogP contribution in [0.25, 0.3) is 5.69 Å². The second kappa shape index (κ2) is 5.04. The summed E-state index contributed by atoms with van der Waals surface area (Å²) in [4.78, 5) is 11.4. The zero-order valence-corrected chi connectivity index (χ0v) is 10.5. The minimum Gasteiger partial charge on any atom is -0.296 e. The van der Waals surface area contributed by atoms with Crippen LogP contribution in [0.1, 0.15) is 16.2 Å². The second-order valence-corrected chi connectivity index (χ2v) is 4.43. The van der Waals surface area contributed by atoms with Crippen LogP contribution in [0.2, 0.25) is 0 Å². The SMILES string of the molecule is CSc1cccc(-n2nnc(C=O)c2C(F)(F)F)c1. The minimum atomic E-state index is -4.70. The van der Waals surface area contributed by atoms with Gasteiger partial charge in [-0.1, -0.05) is 11.3 Å². The lowest BCUT2D eigenvalue weighted by Gasteiger charge is -2.10. The monoisotopic (exact) mass is 287 g/mol. The molecule has 0 saturated heterocycles. The van der Waals surface area contributed by atoms with Gasteiger partial charge in [-0.25, -0.2) is 4.68 Å². The predicted molar refractivity (Wildman–Crippen MR) is 63.5 cm³/mol. The fourth-order valence-electron chi connectivity index (χ4n) is 1.56. The Morgan fingerprint density at radius 2 is 2.11 bits per heavy atom. The predicted octanol–water partition coefficient (Wildman–Crippen LogP) is 2.82. The molecule has 4 nitrogen and oxygen atoms in total. The maximum atomic E-state index is 12.9. The van der Waals surface area contributed by atoms with Crippen LogP contribution < -0.4 is 0 Å². The van der Waals surface area contributed by atoms with Crippen molar-refractivity contribution in [2.24, 2.45) is 0 Å². The van der Waals surface area contributed by atoms with Crippen molar-refractivity contribution in [3.63, 3.8) is 0 Å². The molecule has 8 heteroatoms. The van der Waals surface area contributed by atoms with Crippen LogP contribution in [0, 0.1) is 0 Å². The topological polar surface area (TPSA) is 47.8 Å². The van der Waals surface area contributed by atoms with Gasteiger partial charge in [0.05, 0.1) is 5.69 Å². The van der Waals surface area contributed by atoms with Crippen molar-refractivity contribution < 1.29 is 18.0 Å². The Balaban J connectivity index is 2.62. The third-order valence-corrected chi connectivity index (χ3v) is 3.10. The number of nitrogens with zero attached hydrogens (tertiary/aromatic N) is 3. The molecule has 100 valence electrons. The standard InChI is InChI=1S/C11H8F3N3OS/c1-19-8-4-2-3-7(5-8)17-10(11(12,13)14)9(6-18)15-16-17/h2-6H,1H3. The first-order valence-electron chi connectivity index (χ1n) is 5.10. The van der Waals surface area contributed by atoms with Crippen LogP contribution in [-0.2, 0) is 6.18 Å². The molecule has 0 aliphatic heterocycles. The number of aldehydes is 1. The number of thioether (sulfide) groups is 1. The molecule has 0 atom stereocenters. The molecule has 19 heavy (non-hydrogen) atoms. The average Bonchev–Trinajstić information content (AvgIpc) is 2.82. The van der Waals surface area contributed by atoms with E-state index in [1.165, 1.54) is 17.8 Å². The summed E-state index contributed by atoms with van der Waals surface area (Å²) in [6.07, 6.45) is -2.85. The Morgan fingerprint density at radius 1 is 1.37 bits per heavy atom. The summed E-state index contributed by atoms with van der Waals surface area (Å²) in [5.41, 5.74) is -1.68. The molecule has 0 bridgehead atoms. The van der Waals surface area contributed by atoms with Crippen molar-refractivity contribution in [1.82, 2.24) is 15.0 Å². The number of aromatic nitrogens is 3. The average molecular weight is 287 g/mol. The van der Waals surface area contributed by atoms with E-state index in [1.54, 1.807) is 18.2 Å². The first-order chi connectivity index (χ1) is 8.97. The molecule has 0 fully saturated rings. The van der Waals surface area contributed by atoms with E-state index in [-0.39, 0.29) is 12.0 Å². The molecule has 2 aromatic rings. The van der Waals surface area contributed by atoms with Crippen molar-refractivity contribution in [3.05, 3.63) is 35.7 Å². The summed E-state index contributed by atoms with van der Waals surface area (Å²) in [7, 11) is 0. The zero-order chi connectivity index (χ0) is 14.0. The van der Waals surface area contributed by atoms with Gasteiger partial charge in [-0.2, -0.15) is 13.2 Å². The van der Waals surface area contributed by atoms with E-state index in [0.717, 1.165) is 4.90 Å². The molecular weight excluding hydrogens is 279 g/mol. The number of alkyl halides is 3. The highest BCUT2D eigenvalue weighted by atomic mass is 32.2.